The normalized spacial score (nSPS) is 10.6. The lowest BCUT2D eigenvalue weighted by Gasteiger charge is -2.05. The maximum atomic E-state index is 13.5. The highest BCUT2D eigenvalue weighted by Crippen LogP contribution is 2.21. The van der Waals surface area contributed by atoms with Crippen LogP contribution in [-0.4, -0.2) is 9.55 Å². The van der Waals surface area contributed by atoms with Gasteiger partial charge in [0.2, 0.25) is 5.95 Å². The molecule has 0 atom stereocenters. The molecular formula is C10H9ClFN3. The van der Waals surface area contributed by atoms with Gasteiger partial charge in [0, 0.05) is 11.2 Å². The first-order valence-corrected chi connectivity index (χ1v) is 4.72. The molecule has 1 aromatic carbocycles. The van der Waals surface area contributed by atoms with Gasteiger partial charge in [-0.05, 0) is 25.1 Å². The molecule has 15 heavy (non-hydrogen) atoms. The van der Waals surface area contributed by atoms with E-state index in [-0.39, 0.29) is 11.8 Å². The van der Waals surface area contributed by atoms with Crippen LogP contribution in [0.4, 0.5) is 10.3 Å². The van der Waals surface area contributed by atoms with Gasteiger partial charge in [-0.25, -0.2) is 9.37 Å². The van der Waals surface area contributed by atoms with Gasteiger partial charge >= 0.3 is 0 Å². The molecule has 0 aliphatic rings. The molecule has 0 spiro atoms. The SMILES string of the molecule is Cc1cn(-c2cc(Cl)ccc2F)c(N)n1. The number of nitrogens with two attached hydrogens (primary N) is 1. The van der Waals surface area contributed by atoms with Crippen molar-refractivity contribution >= 4 is 17.5 Å². The monoisotopic (exact) mass is 225 g/mol. The summed E-state index contributed by atoms with van der Waals surface area (Å²) in [7, 11) is 0. The summed E-state index contributed by atoms with van der Waals surface area (Å²) in [6, 6.07) is 4.29. The Balaban J connectivity index is 2.62. The third-order valence-corrected chi connectivity index (χ3v) is 2.26. The average molecular weight is 226 g/mol. The van der Waals surface area contributed by atoms with Gasteiger partial charge in [-0.15, -0.1) is 0 Å². The van der Waals surface area contributed by atoms with Gasteiger partial charge in [0.05, 0.1) is 11.4 Å². The second kappa shape index (κ2) is 3.55. The van der Waals surface area contributed by atoms with Crippen molar-refractivity contribution in [2.45, 2.75) is 6.92 Å². The molecule has 0 aliphatic heterocycles. The van der Waals surface area contributed by atoms with Gasteiger partial charge in [-0.1, -0.05) is 11.6 Å². The number of benzene rings is 1. The van der Waals surface area contributed by atoms with Crippen molar-refractivity contribution in [2.75, 3.05) is 5.73 Å². The summed E-state index contributed by atoms with van der Waals surface area (Å²) in [4.78, 5) is 3.99. The minimum atomic E-state index is -0.386. The maximum absolute atomic E-state index is 13.5. The summed E-state index contributed by atoms with van der Waals surface area (Å²) < 4.78 is 15.0. The summed E-state index contributed by atoms with van der Waals surface area (Å²) in [5, 5.41) is 0.456. The maximum Gasteiger partial charge on any atom is 0.205 e. The highest BCUT2D eigenvalue weighted by molar-refractivity contribution is 6.30. The molecule has 5 heteroatoms. The fraction of sp³-hybridized carbons (Fsp3) is 0.100. The number of rotatable bonds is 1. The summed E-state index contributed by atoms with van der Waals surface area (Å²) in [5.41, 5.74) is 6.67. The Morgan fingerprint density at radius 3 is 2.80 bits per heavy atom. The van der Waals surface area contributed by atoms with E-state index in [0.717, 1.165) is 5.69 Å². The molecule has 0 amide bonds. The summed E-state index contributed by atoms with van der Waals surface area (Å²) in [5.74, 6) is -0.142. The third-order valence-electron chi connectivity index (χ3n) is 2.02. The van der Waals surface area contributed by atoms with Crippen LogP contribution in [-0.2, 0) is 0 Å². The van der Waals surface area contributed by atoms with E-state index >= 15 is 0 Å². The molecule has 2 aromatic rings. The van der Waals surface area contributed by atoms with Crippen LogP contribution in [0.1, 0.15) is 5.69 Å². The number of nitrogen functional groups attached to an aromatic ring is 1. The van der Waals surface area contributed by atoms with E-state index in [1.54, 1.807) is 13.1 Å². The molecule has 0 fully saturated rings. The number of halogens is 2. The molecule has 1 aromatic heterocycles. The molecule has 0 bridgehead atoms. The van der Waals surface area contributed by atoms with E-state index < -0.39 is 0 Å². The van der Waals surface area contributed by atoms with Crippen LogP contribution in [0.5, 0.6) is 0 Å². The van der Waals surface area contributed by atoms with Crippen molar-refractivity contribution < 1.29 is 4.39 Å². The van der Waals surface area contributed by atoms with Crippen molar-refractivity contribution in [3.8, 4) is 5.69 Å². The summed E-state index contributed by atoms with van der Waals surface area (Å²) >= 11 is 5.78. The third kappa shape index (κ3) is 1.80. The van der Waals surface area contributed by atoms with E-state index in [9.17, 15) is 4.39 Å². The highest BCUT2D eigenvalue weighted by atomic mass is 35.5. The van der Waals surface area contributed by atoms with Crippen LogP contribution in [0.2, 0.25) is 5.02 Å². The average Bonchev–Trinajstić information content (AvgIpc) is 2.50. The van der Waals surface area contributed by atoms with Gasteiger partial charge < -0.3 is 5.73 Å². The van der Waals surface area contributed by atoms with Crippen LogP contribution >= 0.6 is 11.6 Å². The van der Waals surface area contributed by atoms with Crippen LogP contribution in [0.3, 0.4) is 0 Å². The molecule has 0 saturated carbocycles. The number of imidazole rings is 1. The first kappa shape index (κ1) is 9.98. The Morgan fingerprint density at radius 1 is 1.47 bits per heavy atom. The quantitative estimate of drug-likeness (QED) is 0.811. The molecule has 0 aliphatic carbocycles. The molecular weight excluding hydrogens is 217 g/mol. The molecule has 78 valence electrons. The molecule has 0 radical (unpaired) electrons. The predicted octanol–water partition coefficient (Wildman–Crippen LogP) is 2.56. The number of aryl methyl sites for hydroxylation is 1. The van der Waals surface area contributed by atoms with E-state index in [4.69, 9.17) is 17.3 Å². The minimum Gasteiger partial charge on any atom is -0.369 e. The largest absolute Gasteiger partial charge is 0.369 e. The molecule has 3 nitrogen and oxygen atoms in total. The van der Waals surface area contributed by atoms with Crippen LogP contribution in [0, 0.1) is 12.7 Å². The number of hydrogen-bond acceptors (Lipinski definition) is 2. The van der Waals surface area contributed by atoms with E-state index in [0.29, 0.717) is 10.7 Å². The van der Waals surface area contributed by atoms with E-state index in [1.807, 2.05) is 0 Å². The van der Waals surface area contributed by atoms with E-state index in [1.165, 1.54) is 22.8 Å². The van der Waals surface area contributed by atoms with Crippen molar-refractivity contribution in [1.29, 1.82) is 0 Å². The second-order valence-electron chi connectivity index (χ2n) is 3.21. The van der Waals surface area contributed by atoms with Crippen molar-refractivity contribution in [3.63, 3.8) is 0 Å². The lowest BCUT2D eigenvalue weighted by molar-refractivity contribution is 0.619. The first-order valence-electron chi connectivity index (χ1n) is 4.35. The number of anilines is 1. The molecule has 2 rings (SSSR count). The van der Waals surface area contributed by atoms with Crippen LogP contribution in [0.15, 0.2) is 24.4 Å². The van der Waals surface area contributed by atoms with Gasteiger partial charge in [0.1, 0.15) is 5.82 Å². The Hall–Kier alpha value is -1.55. The standard InChI is InChI=1S/C10H9ClFN3/c1-6-5-15(10(13)14-6)9-4-7(11)2-3-8(9)12/h2-5H,1H3,(H2,13,14). The number of nitrogens with zero attached hydrogens (tertiary/aromatic N) is 2. The molecule has 0 saturated heterocycles. The number of aromatic nitrogens is 2. The lowest BCUT2D eigenvalue weighted by Crippen LogP contribution is -2.01. The molecule has 1 heterocycles. The van der Waals surface area contributed by atoms with Gasteiger partial charge in [0.15, 0.2) is 0 Å². The zero-order chi connectivity index (χ0) is 11.0. The Morgan fingerprint density at radius 2 is 2.20 bits per heavy atom. The Kier molecular flexibility index (Phi) is 2.36. The van der Waals surface area contributed by atoms with Gasteiger partial charge in [-0.2, -0.15) is 0 Å². The predicted molar refractivity (Wildman–Crippen MR) is 57.7 cm³/mol. The molecule has 2 N–H and O–H groups in total. The Bertz CT molecular complexity index is 507. The topological polar surface area (TPSA) is 43.8 Å². The zero-order valence-electron chi connectivity index (χ0n) is 8.04. The lowest BCUT2D eigenvalue weighted by atomic mass is 10.3. The second-order valence-corrected chi connectivity index (χ2v) is 3.64. The van der Waals surface area contributed by atoms with Crippen molar-refractivity contribution in [3.05, 3.63) is 40.9 Å². The highest BCUT2D eigenvalue weighted by Gasteiger charge is 2.09. The van der Waals surface area contributed by atoms with Crippen LogP contribution in [0.25, 0.3) is 5.69 Å². The van der Waals surface area contributed by atoms with Crippen LogP contribution < -0.4 is 5.73 Å². The fourth-order valence-electron chi connectivity index (χ4n) is 1.38. The van der Waals surface area contributed by atoms with Gasteiger partial charge in [-0.3, -0.25) is 4.57 Å². The fourth-order valence-corrected chi connectivity index (χ4v) is 1.55. The summed E-state index contributed by atoms with van der Waals surface area (Å²) in [6.45, 7) is 1.79. The first-order chi connectivity index (χ1) is 7.08. The molecule has 0 unspecified atom stereocenters. The van der Waals surface area contributed by atoms with E-state index in [2.05, 4.69) is 4.98 Å². The minimum absolute atomic E-state index is 0.244. The zero-order valence-corrected chi connectivity index (χ0v) is 8.79. The van der Waals surface area contributed by atoms with Gasteiger partial charge in [0.25, 0.3) is 0 Å². The summed E-state index contributed by atoms with van der Waals surface area (Å²) in [6.07, 6.45) is 1.66. The smallest absolute Gasteiger partial charge is 0.205 e. The number of hydrogen-bond donors (Lipinski definition) is 1. The van der Waals surface area contributed by atoms with Crippen molar-refractivity contribution in [1.82, 2.24) is 9.55 Å². The van der Waals surface area contributed by atoms with Crippen molar-refractivity contribution in [2.24, 2.45) is 0 Å². The Labute approximate surface area is 91.3 Å².